The zero-order chi connectivity index (χ0) is 16.4. The highest BCUT2D eigenvalue weighted by molar-refractivity contribution is 7.89. The molecule has 0 aliphatic carbocycles. The minimum Gasteiger partial charge on any atom is -0.368 e. The average molecular weight is 334 g/mol. The van der Waals surface area contributed by atoms with Crippen LogP contribution in [-0.2, 0) is 14.8 Å². The molecule has 0 aliphatic heterocycles. The molecule has 0 spiro atoms. The lowest BCUT2D eigenvalue weighted by atomic mass is 10.2. The predicted octanol–water partition coefficient (Wildman–Crippen LogP) is 0.194. The van der Waals surface area contributed by atoms with Crippen molar-refractivity contribution in [3.63, 3.8) is 0 Å². The van der Waals surface area contributed by atoms with E-state index in [9.17, 15) is 18.0 Å². The second kappa shape index (κ2) is 6.42. The van der Waals surface area contributed by atoms with Gasteiger partial charge in [0.25, 0.3) is 5.91 Å². The van der Waals surface area contributed by atoms with Gasteiger partial charge in [0.2, 0.25) is 15.9 Å². The van der Waals surface area contributed by atoms with Gasteiger partial charge in [0.15, 0.2) is 0 Å². The minimum absolute atomic E-state index is 0.00296. The molecule has 1 aromatic rings. The summed E-state index contributed by atoms with van der Waals surface area (Å²) in [5.74, 6) is -1.31. The van der Waals surface area contributed by atoms with Crippen molar-refractivity contribution >= 4 is 33.4 Å². The number of nitrogens with zero attached hydrogens (tertiary/aromatic N) is 1. The van der Waals surface area contributed by atoms with Gasteiger partial charge in [-0.1, -0.05) is 11.6 Å². The summed E-state index contributed by atoms with van der Waals surface area (Å²) in [5, 5.41) is 2.36. The molecular weight excluding hydrogens is 318 g/mol. The fraction of sp³-hybridized carbons (Fsp3) is 0.333. The normalized spacial score (nSPS) is 13.0. The summed E-state index contributed by atoms with van der Waals surface area (Å²) < 4.78 is 25.2. The number of nitrogens with two attached hydrogens (primary N) is 1. The molecule has 0 radical (unpaired) electrons. The molecule has 116 valence electrons. The fourth-order valence-corrected chi connectivity index (χ4v) is 2.78. The molecule has 1 rings (SSSR count). The molecule has 0 unspecified atom stereocenters. The van der Waals surface area contributed by atoms with Crippen LogP contribution in [0.4, 0.5) is 0 Å². The van der Waals surface area contributed by atoms with Crippen molar-refractivity contribution < 1.29 is 18.0 Å². The Balaban J connectivity index is 3.19. The van der Waals surface area contributed by atoms with Crippen molar-refractivity contribution in [1.29, 1.82) is 0 Å². The van der Waals surface area contributed by atoms with Crippen LogP contribution in [0.3, 0.4) is 0 Å². The first-order valence-electron chi connectivity index (χ1n) is 5.89. The Labute approximate surface area is 128 Å². The molecular formula is C12H16ClN3O4S. The van der Waals surface area contributed by atoms with E-state index in [4.69, 9.17) is 17.3 Å². The second-order valence-corrected chi connectivity index (χ2v) is 7.06. The number of carbonyl (C=O) groups excluding carboxylic acids is 2. The van der Waals surface area contributed by atoms with Gasteiger partial charge in [0.1, 0.15) is 10.9 Å². The van der Waals surface area contributed by atoms with Crippen LogP contribution in [0.5, 0.6) is 0 Å². The third kappa shape index (κ3) is 3.93. The Hall–Kier alpha value is -1.64. The van der Waals surface area contributed by atoms with Gasteiger partial charge in [0, 0.05) is 19.7 Å². The summed E-state index contributed by atoms with van der Waals surface area (Å²) in [6, 6.07) is 2.95. The molecule has 0 fully saturated rings. The lowest BCUT2D eigenvalue weighted by Crippen LogP contribution is -2.42. The topological polar surface area (TPSA) is 110 Å². The maximum absolute atomic E-state index is 12.1. The third-order valence-electron chi connectivity index (χ3n) is 2.73. The molecule has 0 saturated carbocycles. The number of nitrogens with one attached hydrogen (secondary N) is 1. The maximum Gasteiger partial charge on any atom is 0.251 e. The highest BCUT2D eigenvalue weighted by Crippen LogP contribution is 2.24. The maximum atomic E-state index is 12.1. The van der Waals surface area contributed by atoms with Crippen LogP contribution < -0.4 is 11.1 Å². The SMILES string of the molecule is C[C@@H](NC(=O)c1ccc(Cl)c(S(=O)(=O)N(C)C)c1)C(N)=O. The van der Waals surface area contributed by atoms with Crippen molar-refractivity contribution in [2.24, 2.45) is 5.73 Å². The summed E-state index contributed by atoms with van der Waals surface area (Å²) in [7, 11) is -1.07. The lowest BCUT2D eigenvalue weighted by molar-refractivity contribution is -0.119. The number of hydrogen-bond donors (Lipinski definition) is 2. The van der Waals surface area contributed by atoms with E-state index < -0.39 is 27.9 Å². The Kier molecular flexibility index (Phi) is 5.32. The molecule has 0 saturated heterocycles. The predicted molar refractivity (Wildman–Crippen MR) is 78.4 cm³/mol. The van der Waals surface area contributed by atoms with E-state index in [1.54, 1.807) is 0 Å². The molecule has 9 heteroatoms. The molecule has 0 bridgehead atoms. The number of primary amides is 1. The van der Waals surface area contributed by atoms with Crippen LogP contribution >= 0.6 is 11.6 Å². The average Bonchev–Trinajstić information content (AvgIpc) is 2.38. The van der Waals surface area contributed by atoms with Gasteiger partial charge in [-0.25, -0.2) is 12.7 Å². The first-order valence-corrected chi connectivity index (χ1v) is 7.71. The minimum atomic E-state index is -3.78. The standard InChI is InChI=1S/C12H16ClN3O4S/c1-7(11(14)17)15-12(18)8-4-5-9(13)10(6-8)21(19,20)16(2)3/h4-7H,1-3H3,(H2,14,17)(H,15,18)/t7-/m1/s1. The Morgan fingerprint density at radius 3 is 2.38 bits per heavy atom. The lowest BCUT2D eigenvalue weighted by Gasteiger charge is -2.14. The van der Waals surface area contributed by atoms with Crippen molar-refractivity contribution in [1.82, 2.24) is 9.62 Å². The first-order chi connectivity index (χ1) is 9.57. The Morgan fingerprint density at radius 2 is 1.90 bits per heavy atom. The van der Waals surface area contributed by atoms with Gasteiger partial charge in [0.05, 0.1) is 5.02 Å². The zero-order valence-electron chi connectivity index (χ0n) is 11.8. The summed E-state index contributed by atoms with van der Waals surface area (Å²) in [6.45, 7) is 1.42. The van der Waals surface area contributed by atoms with Gasteiger partial charge in [-0.2, -0.15) is 0 Å². The molecule has 1 atom stereocenters. The highest BCUT2D eigenvalue weighted by atomic mass is 35.5. The molecule has 0 heterocycles. The summed E-state index contributed by atoms with van der Waals surface area (Å²) >= 11 is 5.87. The molecule has 0 aromatic heterocycles. The van der Waals surface area contributed by atoms with Crippen LogP contribution in [0.1, 0.15) is 17.3 Å². The molecule has 1 aromatic carbocycles. The first kappa shape index (κ1) is 17.4. The number of carbonyl (C=O) groups is 2. The highest BCUT2D eigenvalue weighted by Gasteiger charge is 2.23. The fourth-order valence-electron chi connectivity index (χ4n) is 1.39. The number of hydrogen-bond acceptors (Lipinski definition) is 4. The quantitative estimate of drug-likeness (QED) is 0.801. The van der Waals surface area contributed by atoms with E-state index in [-0.39, 0.29) is 15.5 Å². The van der Waals surface area contributed by atoms with Crippen molar-refractivity contribution in [2.45, 2.75) is 17.9 Å². The monoisotopic (exact) mass is 333 g/mol. The van der Waals surface area contributed by atoms with Gasteiger partial charge in [-0.15, -0.1) is 0 Å². The van der Waals surface area contributed by atoms with E-state index in [1.165, 1.54) is 33.2 Å². The number of sulfonamides is 1. The van der Waals surface area contributed by atoms with Crippen LogP contribution in [0.15, 0.2) is 23.1 Å². The Bertz CT molecular complexity index is 673. The van der Waals surface area contributed by atoms with Gasteiger partial charge >= 0.3 is 0 Å². The van der Waals surface area contributed by atoms with E-state index >= 15 is 0 Å². The molecule has 21 heavy (non-hydrogen) atoms. The van der Waals surface area contributed by atoms with Gasteiger partial charge < -0.3 is 11.1 Å². The van der Waals surface area contributed by atoms with Crippen molar-refractivity contribution in [3.8, 4) is 0 Å². The van der Waals surface area contributed by atoms with Crippen LogP contribution in [-0.4, -0.2) is 44.7 Å². The molecule has 3 N–H and O–H groups in total. The number of amides is 2. The third-order valence-corrected chi connectivity index (χ3v) is 5.02. The van der Waals surface area contributed by atoms with Crippen molar-refractivity contribution in [3.05, 3.63) is 28.8 Å². The summed E-state index contributed by atoms with van der Waals surface area (Å²) in [5.41, 5.74) is 5.11. The van der Waals surface area contributed by atoms with E-state index in [1.807, 2.05) is 0 Å². The molecule has 0 aliphatic rings. The van der Waals surface area contributed by atoms with Gasteiger partial charge in [-0.05, 0) is 25.1 Å². The van der Waals surface area contributed by atoms with E-state index in [2.05, 4.69) is 5.32 Å². The second-order valence-electron chi connectivity index (χ2n) is 4.53. The van der Waals surface area contributed by atoms with Crippen LogP contribution in [0.25, 0.3) is 0 Å². The van der Waals surface area contributed by atoms with Gasteiger partial charge in [-0.3, -0.25) is 9.59 Å². The summed E-state index contributed by atoms with van der Waals surface area (Å²) in [4.78, 5) is 22.7. The zero-order valence-corrected chi connectivity index (χ0v) is 13.3. The van der Waals surface area contributed by atoms with E-state index in [0.29, 0.717) is 0 Å². The van der Waals surface area contributed by atoms with E-state index in [0.717, 1.165) is 10.4 Å². The number of benzene rings is 1. The van der Waals surface area contributed by atoms with Crippen LogP contribution in [0, 0.1) is 0 Å². The smallest absolute Gasteiger partial charge is 0.251 e. The Morgan fingerprint density at radius 1 is 1.33 bits per heavy atom. The number of rotatable bonds is 5. The number of halogens is 1. The molecule has 7 nitrogen and oxygen atoms in total. The molecule has 2 amide bonds. The van der Waals surface area contributed by atoms with Crippen LogP contribution in [0.2, 0.25) is 5.02 Å². The largest absolute Gasteiger partial charge is 0.368 e. The van der Waals surface area contributed by atoms with Crippen molar-refractivity contribution in [2.75, 3.05) is 14.1 Å². The summed E-state index contributed by atoms with van der Waals surface area (Å²) in [6.07, 6.45) is 0.